The molecule has 2 heterocycles. The minimum absolute atomic E-state index is 0.218. The van der Waals surface area contributed by atoms with Crippen molar-refractivity contribution in [1.29, 1.82) is 0 Å². The number of benzene rings is 1. The molecule has 22 heavy (non-hydrogen) atoms. The van der Waals surface area contributed by atoms with Gasteiger partial charge >= 0.3 is 6.36 Å². The second-order valence-corrected chi connectivity index (χ2v) is 5.26. The third kappa shape index (κ3) is 3.59. The third-order valence-corrected chi connectivity index (χ3v) is 3.63. The van der Waals surface area contributed by atoms with Crippen molar-refractivity contribution in [2.24, 2.45) is 0 Å². The van der Waals surface area contributed by atoms with Crippen molar-refractivity contribution in [2.75, 3.05) is 6.54 Å². The van der Waals surface area contributed by atoms with E-state index in [1.165, 1.54) is 18.6 Å². The number of piperidine rings is 1. The molecule has 0 amide bonds. The van der Waals surface area contributed by atoms with Crippen molar-refractivity contribution in [1.82, 2.24) is 15.3 Å². The van der Waals surface area contributed by atoms with Crippen LogP contribution in [0.15, 0.2) is 30.5 Å². The standard InChI is InChI=1S/C15H16F3N3O/c16-15(17,18)22-11-6-4-10(5-7-11)13-9-20-14(21-13)12-3-1-2-8-19-12/h4-7,9,12,19H,1-3,8H2,(H,20,21). The highest BCUT2D eigenvalue weighted by Gasteiger charge is 2.31. The van der Waals surface area contributed by atoms with Crippen LogP contribution >= 0.6 is 0 Å². The van der Waals surface area contributed by atoms with Gasteiger partial charge in [-0.3, -0.25) is 0 Å². The molecule has 0 aliphatic carbocycles. The summed E-state index contributed by atoms with van der Waals surface area (Å²) in [6.45, 7) is 0.976. The van der Waals surface area contributed by atoms with Crippen LogP contribution in [0.1, 0.15) is 31.1 Å². The lowest BCUT2D eigenvalue weighted by Gasteiger charge is -2.21. The summed E-state index contributed by atoms with van der Waals surface area (Å²) in [7, 11) is 0. The Balaban J connectivity index is 1.73. The number of ether oxygens (including phenoxy) is 1. The van der Waals surface area contributed by atoms with E-state index < -0.39 is 6.36 Å². The van der Waals surface area contributed by atoms with Crippen LogP contribution in [0.5, 0.6) is 5.75 Å². The first kappa shape index (κ1) is 14.9. The normalized spacial score (nSPS) is 19.1. The van der Waals surface area contributed by atoms with Crippen LogP contribution in [0.4, 0.5) is 13.2 Å². The van der Waals surface area contributed by atoms with Crippen LogP contribution in [-0.4, -0.2) is 22.9 Å². The van der Waals surface area contributed by atoms with Crippen molar-refractivity contribution in [2.45, 2.75) is 31.7 Å². The van der Waals surface area contributed by atoms with Gasteiger partial charge in [0.15, 0.2) is 0 Å². The van der Waals surface area contributed by atoms with Gasteiger partial charge in [0.2, 0.25) is 0 Å². The SMILES string of the molecule is FC(F)(F)Oc1ccc(-c2cnc(C3CCCCN3)[nH]2)cc1. The molecule has 118 valence electrons. The summed E-state index contributed by atoms with van der Waals surface area (Å²) in [6, 6.07) is 5.96. The minimum Gasteiger partial charge on any atom is -0.406 e. The highest BCUT2D eigenvalue weighted by atomic mass is 19.4. The number of imidazole rings is 1. The van der Waals surface area contributed by atoms with E-state index in [0.717, 1.165) is 36.5 Å². The zero-order chi connectivity index (χ0) is 15.6. The number of nitrogens with zero attached hydrogens (tertiary/aromatic N) is 1. The summed E-state index contributed by atoms with van der Waals surface area (Å²) in [6.07, 6.45) is 0.397. The van der Waals surface area contributed by atoms with Crippen LogP contribution in [0.2, 0.25) is 0 Å². The number of aromatic nitrogens is 2. The maximum absolute atomic E-state index is 12.1. The molecule has 1 aliphatic heterocycles. The number of hydrogen-bond donors (Lipinski definition) is 2. The molecule has 0 spiro atoms. The second-order valence-electron chi connectivity index (χ2n) is 5.26. The number of rotatable bonds is 3. The Morgan fingerprint density at radius 2 is 1.91 bits per heavy atom. The van der Waals surface area contributed by atoms with Crippen molar-refractivity contribution in [3.63, 3.8) is 0 Å². The number of nitrogens with one attached hydrogen (secondary N) is 2. The molecule has 1 atom stereocenters. The maximum Gasteiger partial charge on any atom is 0.573 e. The average molecular weight is 311 g/mol. The molecule has 1 fully saturated rings. The topological polar surface area (TPSA) is 49.9 Å². The van der Waals surface area contributed by atoms with Gasteiger partial charge in [-0.25, -0.2) is 4.98 Å². The Kier molecular flexibility index (Phi) is 4.06. The van der Waals surface area contributed by atoms with Gasteiger partial charge in [-0.05, 0) is 49.2 Å². The Hall–Kier alpha value is -2.02. The summed E-state index contributed by atoms with van der Waals surface area (Å²) in [5.41, 5.74) is 1.55. The van der Waals surface area contributed by atoms with Gasteiger partial charge in [0, 0.05) is 0 Å². The summed E-state index contributed by atoms with van der Waals surface area (Å²) >= 11 is 0. The van der Waals surface area contributed by atoms with Crippen molar-refractivity contribution < 1.29 is 17.9 Å². The molecule has 2 N–H and O–H groups in total. The fourth-order valence-electron chi connectivity index (χ4n) is 2.58. The largest absolute Gasteiger partial charge is 0.573 e. The van der Waals surface area contributed by atoms with E-state index >= 15 is 0 Å². The van der Waals surface area contributed by atoms with E-state index in [4.69, 9.17) is 0 Å². The quantitative estimate of drug-likeness (QED) is 0.906. The van der Waals surface area contributed by atoms with Crippen LogP contribution < -0.4 is 10.1 Å². The van der Waals surface area contributed by atoms with E-state index in [1.807, 2.05) is 0 Å². The van der Waals surface area contributed by atoms with E-state index in [2.05, 4.69) is 20.0 Å². The van der Waals surface area contributed by atoms with Gasteiger partial charge in [-0.15, -0.1) is 13.2 Å². The van der Waals surface area contributed by atoms with Gasteiger partial charge in [-0.2, -0.15) is 0 Å². The molecular formula is C15H16F3N3O. The van der Waals surface area contributed by atoms with Crippen LogP contribution in [0.3, 0.4) is 0 Å². The zero-order valence-corrected chi connectivity index (χ0v) is 11.8. The molecule has 1 aliphatic rings. The molecule has 1 aromatic heterocycles. The molecule has 1 unspecified atom stereocenters. The Labute approximate surface area is 125 Å². The summed E-state index contributed by atoms with van der Waals surface area (Å²) < 4.78 is 40.2. The van der Waals surface area contributed by atoms with Crippen LogP contribution in [-0.2, 0) is 0 Å². The second kappa shape index (κ2) is 6.00. The highest BCUT2D eigenvalue weighted by molar-refractivity contribution is 5.59. The Bertz CT molecular complexity index is 616. The molecule has 7 heteroatoms. The molecular weight excluding hydrogens is 295 g/mol. The predicted molar refractivity (Wildman–Crippen MR) is 75.3 cm³/mol. The average Bonchev–Trinajstić information content (AvgIpc) is 2.97. The first-order valence-electron chi connectivity index (χ1n) is 7.16. The highest BCUT2D eigenvalue weighted by Crippen LogP contribution is 2.27. The van der Waals surface area contributed by atoms with Crippen molar-refractivity contribution in [3.05, 3.63) is 36.3 Å². The van der Waals surface area contributed by atoms with Crippen molar-refractivity contribution >= 4 is 0 Å². The number of alkyl halides is 3. The number of halogens is 3. The van der Waals surface area contributed by atoms with Gasteiger partial charge in [0.1, 0.15) is 11.6 Å². The zero-order valence-electron chi connectivity index (χ0n) is 11.8. The van der Waals surface area contributed by atoms with Gasteiger partial charge in [0.05, 0.1) is 17.9 Å². The lowest BCUT2D eigenvalue weighted by atomic mass is 10.0. The number of H-pyrrole nitrogens is 1. The fourth-order valence-corrected chi connectivity index (χ4v) is 2.58. The molecule has 0 bridgehead atoms. The Morgan fingerprint density at radius 1 is 1.14 bits per heavy atom. The van der Waals surface area contributed by atoms with E-state index in [-0.39, 0.29) is 11.8 Å². The Morgan fingerprint density at radius 3 is 2.55 bits per heavy atom. The van der Waals surface area contributed by atoms with E-state index in [9.17, 15) is 13.2 Å². The van der Waals surface area contributed by atoms with Crippen LogP contribution in [0.25, 0.3) is 11.3 Å². The molecule has 0 saturated carbocycles. The van der Waals surface area contributed by atoms with E-state index in [1.54, 1.807) is 18.3 Å². The number of hydrogen-bond acceptors (Lipinski definition) is 3. The first-order valence-corrected chi connectivity index (χ1v) is 7.16. The summed E-state index contributed by atoms with van der Waals surface area (Å²) in [5, 5.41) is 3.40. The molecule has 3 rings (SSSR count). The summed E-state index contributed by atoms with van der Waals surface area (Å²) in [4.78, 5) is 7.60. The third-order valence-electron chi connectivity index (χ3n) is 3.63. The lowest BCUT2D eigenvalue weighted by molar-refractivity contribution is -0.274. The monoisotopic (exact) mass is 311 g/mol. The minimum atomic E-state index is -4.67. The maximum atomic E-state index is 12.1. The predicted octanol–water partition coefficient (Wildman–Crippen LogP) is 3.79. The van der Waals surface area contributed by atoms with Gasteiger partial charge in [-0.1, -0.05) is 6.42 Å². The fraction of sp³-hybridized carbons (Fsp3) is 0.400. The first-order chi connectivity index (χ1) is 10.5. The van der Waals surface area contributed by atoms with E-state index in [0.29, 0.717) is 0 Å². The molecule has 1 aromatic carbocycles. The van der Waals surface area contributed by atoms with Crippen molar-refractivity contribution in [3.8, 4) is 17.0 Å². The summed E-state index contributed by atoms with van der Waals surface area (Å²) in [5.74, 6) is 0.634. The molecule has 1 saturated heterocycles. The lowest BCUT2D eigenvalue weighted by Crippen LogP contribution is -2.27. The smallest absolute Gasteiger partial charge is 0.406 e. The van der Waals surface area contributed by atoms with Crippen LogP contribution in [0, 0.1) is 0 Å². The van der Waals surface area contributed by atoms with Gasteiger partial charge < -0.3 is 15.0 Å². The number of aromatic amines is 1. The van der Waals surface area contributed by atoms with Gasteiger partial charge in [0.25, 0.3) is 0 Å². The molecule has 2 aromatic rings. The molecule has 0 radical (unpaired) electrons. The molecule has 4 nitrogen and oxygen atoms in total.